The molecule has 5 heteroatoms. The monoisotopic (exact) mass is 233 g/mol. The predicted octanol–water partition coefficient (Wildman–Crippen LogP) is 3.44. The van der Waals surface area contributed by atoms with Gasteiger partial charge in [-0.3, -0.25) is 0 Å². The van der Waals surface area contributed by atoms with E-state index in [4.69, 9.17) is 0 Å². The Kier molecular flexibility index (Phi) is 2.78. The first kappa shape index (κ1) is 11.2. The first-order valence-electron chi connectivity index (χ1n) is 5.10. The van der Waals surface area contributed by atoms with Gasteiger partial charge in [0.2, 0.25) is 0 Å². The molecule has 1 fully saturated rings. The number of benzene rings is 1. The highest BCUT2D eigenvalue weighted by Gasteiger charge is 2.32. The van der Waals surface area contributed by atoms with Gasteiger partial charge in [0.25, 0.3) is 0 Å². The van der Waals surface area contributed by atoms with Gasteiger partial charge in [0.1, 0.15) is 5.82 Å². The minimum atomic E-state index is -4.41. The SMILES string of the molecule is Fc1ccc(C(F)(F)F)cc1N1CCCC1. The van der Waals surface area contributed by atoms with Crippen LogP contribution in [0.15, 0.2) is 18.2 Å². The van der Waals surface area contributed by atoms with Crippen molar-refractivity contribution in [2.24, 2.45) is 0 Å². The summed E-state index contributed by atoms with van der Waals surface area (Å²) in [7, 11) is 0. The molecule has 88 valence electrons. The van der Waals surface area contributed by atoms with Gasteiger partial charge in [0.15, 0.2) is 0 Å². The van der Waals surface area contributed by atoms with E-state index in [1.54, 1.807) is 4.90 Å². The minimum absolute atomic E-state index is 0.0623. The lowest BCUT2D eigenvalue weighted by Gasteiger charge is -2.19. The smallest absolute Gasteiger partial charge is 0.369 e. The Morgan fingerprint density at radius 1 is 1.06 bits per heavy atom. The van der Waals surface area contributed by atoms with Crippen LogP contribution in [-0.4, -0.2) is 13.1 Å². The summed E-state index contributed by atoms with van der Waals surface area (Å²) in [6, 6.07) is 2.55. The quantitative estimate of drug-likeness (QED) is 0.671. The summed E-state index contributed by atoms with van der Waals surface area (Å²) >= 11 is 0. The van der Waals surface area contributed by atoms with E-state index in [0.717, 1.165) is 31.0 Å². The Morgan fingerprint density at radius 2 is 1.69 bits per heavy atom. The van der Waals surface area contributed by atoms with Gasteiger partial charge in [-0.1, -0.05) is 0 Å². The highest BCUT2D eigenvalue weighted by molar-refractivity contribution is 5.51. The standard InChI is InChI=1S/C11H11F4N/c12-9-4-3-8(11(13,14)15)7-10(9)16-5-1-2-6-16/h3-4,7H,1-2,5-6H2. The highest BCUT2D eigenvalue weighted by atomic mass is 19.4. The minimum Gasteiger partial charge on any atom is -0.369 e. The molecule has 1 aromatic carbocycles. The molecule has 1 nitrogen and oxygen atoms in total. The molecule has 0 radical (unpaired) electrons. The van der Waals surface area contributed by atoms with Crippen LogP contribution >= 0.6 is 0 Å². The van der Waals surface area contributed by atoms with Crippen molar-refractivity contribution in [3.8, 4) is 0 Å². The first-order valence-corrected chi connectivity index (χ1v) is 5.10. The van der Waals surface area contributed by atoms with E-state index >= 15 is 0 Å². The Labute approximate surface area is 90.7 Å². The highest BCUT2D eigenvalue weighted by Crippen LogP contribution is 2.33. The maximum absolute atomic E-state index is 13.4. The molecule has 1 aliphatic rings. The normalized spacial score (nSPS) is 16.9. The summed E-state index contributed by atoms with van der Waals surface area (Å²) in [6.07, 6.45) is -2.62. The molecule has 1 heterocycles. The molecule has 2 rings (SSSR count). The fraction of sp³-hybridized carbons (Fsp3) is 0.455. The zero-order chi connectivity index (χ0) is 11.8. The topological polar surface area (TPSA) is 3.24 Å². The van der Waals surface area contributed by atoms with E-state index in [0.29, 0.717) is 13.1 Å². The summed E-state index contributed by atoms with van der Waals surface area (Å²) in [4.78, 5) is 1.66. The summed E-state index contributed by atoms with van der Waals surface area (Å²) in [5.74, 6) is -0.588. The third-order valence-corrected chi connectivity index (χ3v) is 2.72. The van der Waals surface area contributed by atoms with Gasteiger partial charge in [-0.15, -0.1) is 0 Å². The molecule has 0 bridgehead atoms. The molecule has 1 aliphatic heterocycles. The number of anilines is 1. The summed E-state index contributed by atoms with van der Waals surface area (Å²) in [6.45, 7) is 1.25. The van der Waals surface area contributed by atoms with Gasteiger partial charge in [-0.05, 0) is 31.0 Å². The van der Waals surface area contributed by atoms with E-state index in [2.05, 4.69) is 0 Å². The maximum Gasteiger partial charge on any atom is 0.416 e. The lowest BCUT2D eigenvalue weighted by Crippen LogP contribution is -2.20. The van der Waals surface area contributed by atoms with Crippen molar-refractivity contribution in [1.29, 1.82) is 0 Å². The van der Waals surface area contributed by atoms with Crippen molar-refractivity contribution in [2.75, 3.05) is 18.0 Å². The number of hydrogen-bond donors (Lipinski definition) is 0. The van der Waals surface area contributed by atoms with E-state index < -0.39 is 17.6 Å². The average molecular weight is 233 g/mol. The summed E-state index contributed by atoms with van der Waals surface area (Å²) < 4.78 is 50.7. The van der Waals surface area contributed by atoms with Gasteiger partial charge >= 0.3 is 6.18 Å². The molecule has 0 saturated carbocycles. The van der Waals surface area contributed by atoms with Gasteiger partial charge < -0.3 is 4.90 Å². The molecule has 0 atom stereocenters. The number of rotatable bonds is 1. The van der Waals surface area contributed by atoms with Crippen LogP contribution in [-0.2, 0) is 6.18 Å². The Bertz CT molecular complexity index is 380. The second-order valence-electron chi connectivity index (χ2n) is 3.86. The fourth-order valence-electron chi connectivity index (χ4n) is 1.89. The van der Waals surface area contributed by atoms with Crippen molar-refractivity contribution in [3.05, 3.63) is 29.6 Å². The van der Waals surface area contributed by atoms with E-state index in [9.17, 15) is 17.6 Å². The molecule has 0 aromatic heterocycles. The van der Waals surface area contributed by atoms with Crippen molar-refractivity contribution in [1.82, 2.24) is 0 Å². The number of alkyl halides is 3. The molecule has 16 heavy (non-hydrogen) atoms. The van der Waals surface area contributed by atoms with E-state index in [-0.39, 0.29) is 5.69 Å². The second kappa shape index (κ2) is 3.96. The molecule has 0 unspecified atom stereocenters. The number of nitrogens with zero attached hydrogens (tertiary/aromatic N) is 1. The van der Waals surface area contributed by atoms with E-state index in [1.807, 2.05) is 0 Å². The third kappa shape index (κ3) is 2.13. The largest absolute Gasteiger partial charge is 0.416 e. The van der Waals surface area contributed by atoms with Crippen LogP contribution in [0.3, 0.4) is 0 Å². The first-order chi connectivity index (χ1) is 7.48. The number of halogens is 4. The van der Waals surface area contributed by atoms with E-state index in [1.165, 1.54) is 0 Å². The van der Waals surface area contributed by atoms with Crippen LogP contribution in [0.4, 0.5) is 23.2 Å². The zero-order valence-corrected chi connectivity index (χ0v) is 8.52. The van der Waals surface area contributed by atoms with Crippen molar-refractivity contribution < 1.29 is 17.6 Å². The van der Waals surface area contributed by atoms with Crippen LogP contribution in [0, 0.1) is 5.82 Å². The van der Waals surface area contributed by atoms with Gasteiger partial charge in [0, 0.05) is 13.1 Å². The van der Waals surface area contributed by atoms with Crippen LogP contribution < -0.4 is 4.90 Å². The molecule has 0 aliphatic carbocycles. The number of hydrogen-bond acceptors (Lipinski definition) is 1. The predicted molar refractivity (Wildman–Crippen MR) is 52.8 cm³/mol. The van der Waals surface area contributed by atoms with Crippen LogP contribution in [0.2, 0.25) is 0 Å². The van der Waals surface area contributed by atoms with Gasteiger partial charge in [0.05, 0.1) is 11.3 Å². The summed E-state index contributed by atoms with van der Waals surface area (Å²) in [5.41, 5.74) is -0.733. The third-order valence-electron chi connectivity index (χ3n) is 2.72. The van der Waals surface area contributed by atoms with Crippen molar-refractivity contribution in [2.45, 2.75) is 19.0 Å². The molecular formula is C11H11F4N. The fourth-order valence-corrected chi connectivity index (χ4v) is 1.89. The zero-order valence-electron chi connectivity index (χ0n) is 8.52. The maximum atomic E-state index is 13.4. The molecular weight excluding hydrogens is 222 g/mol. The van der Waals surface area contributed by atoms with Crippen molar-refractivity contribution in [3.63, 3.8) is 0 Å². The van der Waals surface area contributed by atoms with Crippen molar-refractivity contribution >= 4 is 5.69 Å². The lowest BCUT2D eigenvalue weighted by atomic mass is 10.1. The van der Waals surface area contributed by atoms with Gasteiger partial charge in [-0.2, -0.15) is 13.2 Å². The molecule has 0 amide bonds. The lowest BCUT2D eigenvalue weighted by molar-refractivity contribution is -0.137. The Hall–Kier alpha value is -1.26. The second-order valence-corrected chi connectivity index (χ2v) is 3.86. The molecule has 1 saturated heterocycles. The Balaban J connectivity index is 2.36. The van der Waals surface area contributed by atoms with Gasteiger partial charge in [-0.25, -0.2) is 4.39 Å². The molecule has 0 spiro atoms. The molecule has 0 N–H and O–H groups in total. The summed E-state index contributed by atoms with van der Waals surface area (Å²) in [5, 5.41) is 0. The average Bonchev–Trinajstić information content (AvgIpc) is 2.69. The molecule has 1 aromatic rings. The van der Waals surface area contributed by atoms with Crippen LogP contribution in [0.1, 0.15) is 18.4 Å². The van der Waals surface area contributed by atoms with Crippen LogP contribution in [0.25, 0.3) is 0 Å². The van der Waals surface area contributed by atoms with Crippen LogP contribution in [0.5, 0.6) is 0 Å². The Morgan fingerprint density at radius 3 is 2.25 bits per heavy atom.